The van der Waals surface area contributed by atoms with Gasteiger partial charge in [-0.2, -0.15) is 0 Å². The van der Waals surface area contributed by atoms with Gasteiger partial charge in [-0.05, 0) is 67.2 Å². The minimum Gasteiger partial charge on any atom is -0.449 e. The Bertz CT molecular complexity index is 1970. The van der Waals surface area contributed by atoms with E-state index in [4.69, 9.17) is 18.9 Å². The Kier molecular flexibility index (Phi) is 9.31. The maximum Gasteiger partial charge on any atom is 0.303 e. The first kappa shape index (κ1) is 30.5. The van der Waals surface area contributed by atoms with Gasteiger partial charge in [0.2, 0.25) is 0 Å². The number of carbonyl (C=O) groups excluding carboxylic acids is 1. The number of benzene rings is 6. The van der Waals surface area contributed by atoms with Crippen molar-refractivity contribution >= 4 is 50.0 Å². The van der Waals surface area contributed by atoms with Crippen molar-refractivity contribution in [3.63, 3.8) is 0 Å². The molecule has 0 radical (unpaired) electrons. The number of carbonyl (C=O) groups is 1. The number of thioether (sulfide) groups is 1. The van der Waals surface area contributed by atoms with Gasteiger partial charge < -0.3 is 18.9 Å². The molecule has 0 aliphatic carbocycles. The van der Waals surface area contributed by atoms with E-state index in [0.717, 1.165) is 22.1 Å². The van der Waals surface area contributed by atoms with Crippen LogP contribution in [0.25, 0.3) is 32.3 Å². The smallest absolute Gasteiger partial charge is 0.303 e. The molecule has 5 nitrogen and oxygen atoms in total. The highest BCUT2D eigenvalue weighted by Crippen LogP contribution is 2.40. The number of hydrogen-bond donors (Lipinski definition) is 0. The Labute approximate surface area is 273 Å². The van der Waals surface area contributed by atoms with Crippen LogP contribution in [0, 0.1) is 0 Å². The van der Waals surface area contributed by atoms with Crippen LogP contribution >= 0.6 is 11.8 Å². The summed E-state index contributed by atoms with van der Waals surface area (Å²) in [7, 11) is 0. The fraction of sp³-hybridized carbons (Fsp3) is 0.225. The number of fused-ring (bicyclic) bond motifs is 3. The van der Waals surface area contributed by atoms with E-state index in [0.29, 0.717) is 26.4 Å². The topological polar surface area (TPSA) is 54.0 Å². The fourth-order valence-corrected chi connectivity index (χ4v) is 7.61. The van der Waals surface area contributed by atoms with Crippen LogP contribution < -0.4 is 0 Å². The van der Waals surface area contributed by atoms with Gasteiger partial charge in [-0.1, -0.05) is 109 Å². The lowest BCUT2D eigenvalue weighted by atomic mass is 10.1. The molecule has 6 aromatic carbocycles. The summed E-state index contributed by atoms with van der Waals surface area (Å²) in [6.45, 7) is 3.11. The average Bonchev–Trinajstić information content (AvgIpc) is 3.40. The average molecular weight is 629 g/mol. The molecule has 232 valence electrons. The quantitative estimate of drug-likeness (QED) is 0.134. The monoisotopic (exact) mass is 628 g/mol. The van der Waals surface area contributed by atoms with Gasteiger partial charge in [0.15, 0.2) is 5.44 Å². The predicted molar refractivity (Wildman–Crippen MR) is 186 cm³/mol. The molecule has 1 fully saturated rings. The van der Waals surface area contributed by atoms with E-state index in [1.807, 2.05) is 36.4 Å². The Morgan fingerprint density at radius 1 is 0.565 bits per heavy atom. The van der Waals surface area contributed by atoms with Crippen LogP contribution in [-0.2, 0) is 43.6 Å². The van der Waals surface area contributed by atoms with Crippen LogP contribution in [0.4, 0.5) is 0 Å². The Morgan fingerprint density at radius 3 is 1.48 bits per heavy atom. The number of ether oxygens (including phenoxy) is 4. The summed E-state index contributed by atoms with van der Waals surface area (Å²) in [6.07, 6.45) is -0.840. The Morgan fingerprint density at radius 2 is 1.00 bits per heavy atom. The SMILES string of the molecule is CC(=O)OC1S[C@@H](COCc2ccc3ccccc3c2)[C@H](OCc2ccc3ccccc3c2)[C@H]1OCc1ccc2ccccc2c1. The van der Waals surface area contributed by atoms with Crippen LogP contribution in [0.15, 0.2) is 127 Å². The van der Waals surface area contributed by atoms with E-state index in [9.17, 15) is 4.79 Å². The summed E-state index contributed by atoms with van der Waals surface area (Å²) in [5.74, 6) is -0.345. The van der Waals surface area contributed by atoms with Crippen molar-refractivity contribution in [3.05, 3.63) is 144 Å². The van der Waals surface area contributed by atoms with E-state index in [2.05, 4.69) is 91.0 Å². The van der Waals surface area contributed by atoms with E-state index in [-0.39, 0.29) is 17.3 Å². The third kappa shape index (κ3) is 7.11. The first-order valence-corrected chi connectivity index (χ1v) is 16.6. The lowest BCUT2D eigenvalue weighted by molar-refractivity contribution is -0.155. The van der Waals surface area contributed by atoms with Gasteiger partial charge in [0.25, 0.3) is 0 Å². The van der Waals surface area contributed by atoms with Gasteiger partial charge in [0.05, 0.1) is 31.7 Å². The van der Waals surface area contributed by atoms with E-state index >= 15 is 0 Å². The number of esters is 1. The largest absolute Gasteiger partial charge is 0.449 e. The highest BCUT2D eigenvalue weighted by Gasteiger charge is 2.48. The molecule has 46 heavy (non-hydrogen) atoms. The molecule has 0 spiro atoms. The fourth-order valence-electron chi connectivity index (χ4n) is 6.13. The van der Waals surface area contributed by atoms with Crippen LogP contribution in [0.1, 0.15) is 23.6 Å². The van der Waals surface area contributed by atoms with Gasteiger partial charge in [-0.15, -0.1) is 11.8 Å². The summed E-state index contributed by atoms with van der Waals surface area (Å²) < 4.78 is 25.4. The second kappa shape index (κ2) is 14.1. The van der Waals surface area contributed by atoms with Crippen molar-refractivity contribution in [2.24, 2.45) is 0 Å². The van der Waals surface area contributed by atoms with Crippen LogP contribution in [-0.4, -0.2) is 35.5 Å². The van der Waals surface area contributed by atoms with Gasteiger partial charge >= 0.3 is 5.97 Å². The van der Waals surface area contributed by atoms with Crippen molar-refractivity contribution in [2.45, 2.75) is 49.6 Å². The maximum atomic E-state index is 12.2. The number of rotatable bonds is 11. The molecular weight excluding hydrogens is 593 g/mol. The van der Waals surface area contributed by atoms with Crippen molar-refractivity contribution in [1.82, 2.24) is 0 Å². The highest BCUT2D eigenvalue weighted by molar-refractivity contribution is 8.00. The van der Waals surface area contributed by atoms with E-state index in [1.54, 1.807) is 11.8 Å². The molecule has 4 atom stereocenters. The van der Waals surface area contributed by atoms with Crippen LogP contribution in [0.5, 0.6) is 0 Å². The second-order valence-electron chi connectivity index (χ2n) is 11.8. The summed E-state index contributed by atoms with van der Waals surface area (Å²) in [5.41, 5.74) is 2.71. The molecule has 1 unspecified atom stereocenters. The lowest BCUT2D eigenvalue weighted by Crippen LogP contribution is -2.40. The van der Waals surface area contributed by atoms with Gasteiger partial charge in [-0.3, -0.25) is 4.79 Å². The van der Waals surface area contributed by atoms with Gasteiger partial charge in [0, 0.05) is 6.92 Å². The third-order valence-corrected chi connectivity index (χ3v) is 9.81. The molecule has 1 aliphatic heterocycles. The zero-order valence-electron chi connectivity index (χ0n) is 25.7. The Hall–Kier alpha value is -4.20. The highest BCUT2D eigenvalue weighted by atomic mass is 32.2. The molecule has 0 amide bonds. The van der Waals surface area contributed by atoms with E-state index < -0.39 is 11.5 Å². The summed E-state index contributed by atoms with van der Waals surface area (Å²) >= 11 is 1.55. The maximum absolute atomic E-state index is 12.2. The molecule has 7 rings (SSSR count). The van der Waals surface area contributed by atoms with Crippen molar-refractivity contribution in [3.8, 4) is 0 Å². The summed E-state index contributed by atoms with van der Waals surface area (Å²) in [6, 6.07) is 44.0. The summed E-state index contributed by atoms with van der Waals surface area (Å²) in [4.78, 5) is 12.2. The molecule has 0 N–H and O–H groups in total. The first-order chi connectivity index (χ1) is 22.6. The zero-order chi connectivity index (χ0) is 31.3. The van der Waals surface area contributed by atoms with Gasteiger partial charge in [0.1, 0.15) is 12.2 Å². The molecule has 0 saturated carbocycles. The minimum atomic E-state index is -0.520. The second-order valence-corrected chi connectivity index (χ2v) is 13.1. The number of hydrogen-bond acceptors (Lipinski definition) is 6. The molecule has 1 heterocycles. The lowest BCUT2D eigenvalue weighted by Gasteiger charge is -2.26. The molecule has 1 saturated heterocycles. The standard InChI is InChI=1S/C40H36O5S/c1-27(41)45-40-39(44-25-30-16-19-33-10-4-7-13-36(33)22-30)38(43-24-29-15-18-32-9-3-6-12-35(32)21-29)37(46-40)26-42-23-28-14-17-31-8-2-5-11-34(31)20-28/h2-22,37-40H,23-26H2,1H3/t37-,38-,39+,40?/m0/s1. The normalized spacial score (nSPS) is 19.6. The predicted octanol–water partition coefficient (Wildman–Crippen LogP) is 8.84. The molecule has 6 aromatic rings. The molecule has 1 aliphatic rings. The van der Waals surface area contributed by atoms with Crippen molar-refractivity contribution in [1.29, 1.82) is 0 Å². The Balaban J connectivity index is 1.10. The van der Waals surface area contributed by atoms with Crippen LogP contribution in [0.2, 0.25) is 0 Å². The van der Waals surface area contributed by atoms with E-state index in [1.165, 1.54) is 33.9 Å². The first-order valence-electron chi connectivity index (χ1n) is 15.7. The van der Waals surface area contributed by atoms with Crippen LogP contribution in [0.3, 0.4) is 0 Å². The minimum absolute atomic E-state index is 0.105. The van der Waals surface area contributed by atoms with Crippen molar-refractivity contribution < 1.29 is 23.7 Å². The van der Waals surface area contributed by atoms with Gasteiger partial charge in [-0.25, -0.2) is 0 Å². The molecule has 0 aromatic heterocycles. The molecule has 0 bridgehead atoms. The molecular formula is C40H36O5S. The zero-order valence-corrected chi connectivity index (χ0v) is 26.5. The molecule has 6 heteroatoms. The summed E-state index contributed by atoms with van der Waals surface area (Å²) in [5, 5.41) is 6.98. The third-order valence-electron chi connectivity index (χ3n) is 8.43. The van der Waals surface area contributed by atoms with Crippen molar-refractivity contribution in [2.75, 3.05) is 6.61 Å².